The van der Waals surface area contributed by atoms with E-state index < -0.39 is 0 Å². The van der Waals surface area contributed by atoms with Gasteiger partial charge in [-0.2, -0.15) is 0 Å². The Morgan fingerprint density at radius 1 is 1.14 bits per heavy atom. The molecule has 1 atom stereocenters. The lowest BCUT2D eigenvalue weighted by molar-refractivity contribution is 0.371. The third-order valence-corrected chi connectivity index (χ3v) is 4.24. The Hall–Kier alpha value is -2.00. The van der Waals surface area contributed by atoms with Crippen LogP contribution in [-0.2, 0) is 12.8 Å². The summed E-state index contributed by atoms with van der Waals surface area (Å²) in [6.45, 7) is 2.15. The third-order valence-electron chi connectivity index (χ3n) is 4.24. The molecule has 2 aromatic rings. The van der Waals surface area contributed by atoms with E-state index in [1.807, 2.05) is 12.1 Å². The van der Waals surface area contributed by atoms with Crippen LogP contribution >= 0.6 is 0 Å². The molecule has 0 radical (unpaired) electrons. The molecule has 0 amide bonds. The topological polar surface area (TPSA) is 41.5 Å². The van der Waals surface area contributed by atoms with Crippen LogP contribution in [0.15, 0.2) is 42.5 Å². The minimum Gasteiger partial charge on any atom is -0.504 e. The Bertz CT molecular complexity index is 614. The number of aromatic hydroxyl groups is 1. The fourth-order valence-corrected chi connectivity index (χ4v) is 3.09. The van der Waals surface area contributed by atoms with Gasteiger partial charge in [0, 0.05) is 12.1 Å². The predicted molar refractivity (Wildman–Crippen MR) is 83.8 cm³/mol. The quantitative estimate of drug-likeness (QED) is 0.905. The smallest absolute Gasteiger partial charge is 0.160 e. The minimum absolute atomic E-state index is 0.182. The van der Waals surface area contributed by atoms with Gasteiger partial charge < -0.3 is 15.2 Å². The van der Waals surface area contributed by atoms with E-state index in [0.29, 0.717) is 11.8 Å². The van der Waals surface area contributed by atoms with Gasteiger partial charge >= 0.3 is 0 Å². The van der Waals surface area contributed by atoms with Crippen LogP contribution in [0.5, 0.6) is 11.5 Å². The molecule has 0 fully saturated rings. The standard InChI is InChI=1S/C18H21NO2/c1-12(13-7-8-17(20)18(11-13)21-2)19-16-9-14-5-3-4-6-15(14)10-16/h3-8,11-12,16,19-20H,9-10H2,1-2H3. The van der Waals surface area contributed by atoms with E-state index in [-0.39, 0.29) is 11.8 Å². The van der Waals surface area contributed by atoms with Gasteiger partial charge in [0.2, 0.25) is 0 Å². The van der Waals surface area contributed by atoms with Gasteiger partial charge in [0.1, 0.15) is 0 Å². The van der Waals surface area contributed by atoms with Gasteiger partial charge in [-0.1, -0.05) is 30.3 Å². The van der Waals surface area contributed by atoms with Crippen LogP contribution in [0.1, 0.15) is 29.7 Å². The molecule has 3 nitrogen and oxygen atoms in total. The van der Waals surface area contributed by atoms with Crippen LogP contribution in [-0.4, -0.2) is 18.3 Å². The SMILES string of the molecule is COc1cc(C(C)NC2Cc3ccccc3C2)ccc1O. The highest BCUT2D eigenvalue weighted by Crippen LogP contribution is 2.30. The zero-order chi connectivity index (χ0) is 14.8. The van der Waals surface area contributed by atoms with E-state index in [4.69, 9.17) is 4.74 Å². The van der Waals surface area contributed by atoms with Crippen LogP contribution in [0.3, 0.4) is 0 Å². The Kier molecular flexibility index (Phi) is 3.84. The summed E-state index contributed by atoms with van der Waals surface area (Å²) < 4.78 is 5.18. The van der Waals surface area contributed by atoms with E-state index in [2.05, 4.69) is 36.5 Å². The van der Waals surface area contributed by atoms with Gasteiger partial charge in [0.25, 0.3) is 0 Å². The summed E-state index contributed by atoms with van der Waals surface area (Å²) >= 11 is 0. The number of rotatable bonds is 4. The fraction of sp³-hybridized carbons (Fsp3) is 0.333. The first-order valence-electron chi connectivity index (χ1n) is 7.37. The van der Waals surface area contributed by atoms with E-state index in [1.165, 1.54) is 11.1 Å². The first-order chi connectivity index (χ1) is 10.2. The molecule has 0 saturated heterocycles. The Morgan fingerprint density at radius 2 is 1.81 bits per heavy atom. The number of phenolic OH excluding ortho intramolecular Hbond substituents is 1. The van der Waals surface area contributed by atoms with Gasteiger partial charge in [0.15, 0.2) is 11.5 Å². The molecule has 21 heavy (non-hydrogen) atoms. The lowest BCUT2D eigenvalue weighted by Gasteiger charge is -2.20. The van der Waals surface area contributed by atoms with Gasteiger partial charge in [-0.05, 0) is 48.6 Å². The summed E-state index contributed by atoms with van der Waals surface area (Å²) in [5.74, 6) is 0.706. The van der Waals surface area contributed by atoms with Crippen molar-refractivity contribution in [2.75, 3.05) is 7.11 Å². The average Bonchev–Trinajstić information content (AvgIpc) is 2.89. The molecular formula is C18H21NO2. The molecule has 110 valence electrons. The Labute approximate surface area is 125 Å². The summed E-state index contributed by atoms with van der Waals surface area (Å²) in [6, 6.07) is 14.9. The van der Waals surface area contributed by atoms with E-state index in [9.17, 15) is 5.11 Å². The number of hydrogen-bond donors (Lipinski definition) is 2. The largest absolute Gasteiger partial charge is 0.504 e. The summed E-state index contributed by atoms with van der Waals surface area (Å²) in [7, 11) is 1.57. The maximum Gasteiger partial charge on any atom is 0.160 e. The van der Waals surface area contributed by atoms with Crippen molar-refractivity contribution in [3.05, 3.63) is 59.2 Å². The molecule has 3 heteroatoms. The number of ether oxygens (including phenoxy) is 1. The van der Waals surface area contributed by atoms with Crippen LogP contribution in [0.4, 0.5) is 0 Å². The lowest BCUT2D eigenvalue weighted by Crippen LogP contribution is -2.32. The third kappa shape index (κ3) is 2.88. The Morgan fingerprint density at radius 3 is 2.43 bits per heavy atom. The monoisotopic (exact) mass is 283 g/mol. The lowest BCUT2D eigenvalue weighted by atomic mass is 10.1. The molecular weight excluding hydrogens is 262 g/mol. The van der Waals surface area contributed by atoms with Crippen LogP contribution in [0.2, 0.25) is 0 Å². The molecule has 0 saturated carbocycles. The molecule has 0 aromatic heterocycles. The molecule has 2 aromatic carbocycles. The number of methoxy groups -OCH3 is 1. The van der Waals surface area contributed by atoms with Gasteiger partial charge in [0.05, 0.1) is 7.11 Å². The number of benzene rings is 2. The molecule has 0 heterocycles. The number of nitrogens with one attached hydrogen (secondary N) is 1. The average molecular weight is 283 g/mol. The molecule has 2 N–H and O–H groups in total. The van der Waals surface area contributed by atoms with Crippen molar-refractivity contribution < 1.29 is 9.84 Å². The highest BCUT2D eigenvalue weighted by atomic mass is 16.5. The van der Waals surface area contributed by atoms with Gasteiger partial charge in [-0.25, -0.2) is 0 Å². The fourth-order valence-electron chi connectivity index (χ4n) is 3.09. The first-order valence-corrected chi connectivity index (χ1v) is 7.37. The second-order valence-corrected chi connectivity index (χ2v) is 5.69. The first kappa shape index (κ1) is 14.0. The van der Waals surface area contributed by atoms with Crippen molar-refractivity contribution in [3.63, 3.8) is 0 Å². The van der Waals surface area contributed by atoms with Crippen molar-refractivity contribution >= 4 is 0 Å². The maximum absolute atomic E-state index is 9.67. The molecule has 1 aliphatic rings. The van der Waals surface area contributed by atoms with E-state index in [0.717, 1.165) is 18.4 Å². The second-order valence-electron chi connectivity index (χ2n) is 5.69. The molecule has 0 aliphatic heterocycles. The number of hydrogen-bond acceptors (Lipinski definition) is 3. The van der Waals surface area contributed by atoms with E-state index in [1.54, 1.807) is 13.2 Å². The zero-order valence-electron chi connectivity index (χ0n) is 12.5. The number of phenols is 1. The molecule has 0 spiro atoms. The summed E-state index contributed by atoms with van der Waals surface area (Å²) in [6.07, 6.45) is 2.16. The highest BCUT2D eigenvalue weighted by Gasteiger charge is 2.22. The molecule has 1 aliphatic carbocycles. The van der Waals surface area contributed by atoms with E-state index >= 15 is 0 Å². The van der Waals surface area contributed by atoms with Crippen molar-refractivity contribution in [1.29, 1.82) is 0 Å². The molecule has 0 bridgehead atoms. The molecule has 1 unspecified atom stereocenters. The van der Waals surface area contributed by atoms with Crippen LogP contribution in [0, 0.1) is 0 Å². The molecule has 3 rings (SSSR count). The van der Waals surface area contributed by atoms with Crippen molar-refractivity contribution in [1.82, 2.24) is 5.32 Å². The van der Waals surface area contributed by atoms with Crippen molar-refractivity contribution in [2.45, 2.75) is 31.8 Å². The van der Waals surface area contributed by atoms with Gasteiger partial charge in [-0.15, -0.1) is 0 Å². The van der Waals surface area contributed by atoms with Crippen LogP contribution < -0.4 is 10.1 Å². The summed E-state index contributed by atoms with van der Waals surface area (Å²) in [4.78, 5) is 0. The number of fused-ring (bicyclic) bond motifs is 1. The summed E-state index contributed by atoms with van der Waals surface area (Å²) in [5.41, 5.74) is 4.02. The maximum atomic E-state index is 9.67. The van der Waals surface area contributed by atoms with Crippen molar-refractivity contribution in [2.24, 2.45) is 0 Å². The van der Waals surface area contributed by atoms with Crippen molar-refractivity contribution in [3.8, 4) is 11.5 Å². The Balaban J connectivity index is 1.69. The van der Waals surface area contributed by atoms with Gasteiger partial charge in [-0.3, -0.25) is 0 Å². The normalized spacial score (nSPS) is 15.7. The highest BCUT2D eigenvalue weighted by molar-refractivity contribution is 5.42. The summed E-state index contributed by atoms with van der Waals surface area (Å²) in [5, 5.41) is 13.3. The van der Waals surface area contributed by atoms with Crippen LogP contribution in [0.25, 0.3) is 0 Å². The zero-order valence-corrected chi connectivity index (χ0v) is 12.5. The second kappa shape index (κ2) is 5.78. The minimum atomic E-state index is 0.182. The predicted octanol–water partition coefficient (Wildman–Crippen LogP) is 3.22.